The zero-order valence-electron chi connectivity index (χ0n) is 5.00. The smallest absolute Gasteiger partial charge is 0.0992 e. The van der Waals surface area contributed by atoms with Crippen LogP contribution >= 0.6 is 11.8 Å². The summed E-state index contributed by atoms with van der Waals surface area (Å²) in [6, 6.07) is 4.16. The van der Waals surface area contributed by atoms with Gasteiger partial charge in [0.2, 0.25) is 0 Å². The van der Waals surface area contributed by atoms with Crippen molar-refractivity contribution in [1.29, 1.82) is 0 Å². The first-order valence-corrected chi connectivity index (χ1v) is 4.02. The second kappa shape index (κ2) is 2.03. The van der Waals surface area contributed by atoms with Crippen molar-refractivity contribution in [3.8, 4) is 0 Å². The predicted octanol–water partition coefficient (Wildman–Crippen LogP) is 1.73. The monoisotopic (exact) mass is 137 g/mol. The first kappa shape index (κ1) is 5.30. The zero-order chi connectivity index (χ0) is 6.10. The Morgan fingerprint density at radius 2 is 2.56 bits per heavy atom. The quantitative estimate of drug-likeness (QED) is 0.540. The normalized spacial score (nSPS) is 15.6. The molecule has 0 fully saturated rings. The van der Waals surface area contributed by atoms with Gasteiger partial charge in [0.05, 0.1) is 5.03 Å². The maximum absolute atomic E-state index is 4.22. The standard InChI is InChI=1S/C7H7NS/c1-2-6-3-5-9-7(6)8-4-1/h1-2,4H,3,5H2. The minimum Gasteiger partial charge on any atom is -0.250 e. The number of thioether (sulfide) groups is 1. The highest BCUT2D eigenvalue weighted by Gasteiger charge is 2.09. The fourth-order valence-corrected chi connectivity index (χ4v) is 2.01. The Labute approximate surface area is 58.5 Å². The van der Waals surface area contributed by atoms with E-state index in [2.05, 4.69) is 11.1 Å². The third-order valence-corrected chi connectivity index (χ3v) is 2.51. The van der Waals surface area contributed by atoms with Crippen LogP contribution in [0.25, 0.3) is 0 Å². The van der Waals surface area contributed by atoms with Gasteiger partial charge in [-0.25, -0.2) is 4.98 Å². The van der Waals surface area contributed by atoms with E-state index in [-0.39, 0.29) is 0 Å². The van der Waals surface area contributed by atoms with Gasteiger partial charge >= 0.3 is 0 Å². The van der Waals surface area contributed by atoms with Crippen molar-refractivity contribution >= 4 is 11.8 Å². The molecule has 0 aliphatic carbocycles. The molecule has 0 saturated carbocycles. The summed E-state index contributed by atoms with van der Waals surface area (Å²) in [5.41, 5.74) is 1.42. The lowest BCUT2D eigenvalue weighted by atomic mass is 10.2. The van der Waals surface area contributed by atoms with E-state index in [1.165, 1.54) is 22.8 Å². The summed E-state index contributed by atoms with van der Waals surface area (Å²) < 4.78 is 0. The van der Waals surface area contributed by atoms with Crippen molar-refractivity contribution in [2.24, 2.45) is 0 Å². The topological polar surface area (TPSA) is 12.9 Å². The summed E-state index contributed by atoms with van der Waals surface area (Å²) >= 11 is 1.86. The molecule has 2 rings (SSSR count). The SMILES string of the molecule is c1cnc2c(c1)CCS2. The lowest BCUT2D eigenvalue weighted by Crippen LogP contribution is -1.80. The van der Waals surface area contributed by atoms with Gasteiger partial charge in [-0.1, -0.05) is 6.07 Å². The van der Waals surface area contributed by atoms with Gasteiger partial charge in [-0.15, -0.1) is 11.8 Å². The lowest BCUT2D eigenvalue weighted by molar-refractivity contribution is 1.05. The van der Waals surface area contributed by atoms with Crippen LogP contribution in [-0.2, 0) is 6.42 Å². The van der Waals surface area contributed by atoms with E-state index in [1.807, 2.05) is 24.0 Å². The molecule has 2 heterocycles. The van der Waals surface area contributed by atoms with Crippen LogP contribution in [0.2, 0.25) is 0 Å². The fraction of sp³-hybridized carbons (Fsp3) is 0.286. The Bertz CT molecular complexity index is 199. The summed E-state index contributed by atoms with van der Waals surface area (Å²) in [6.07, 6.45) is 3.06. The number of rotatable bonds is 0. The molecule has 0 atom stereocenters. The number of nitrogens with zero attached hydrogens (tertiary/aromatic N) is 1. The molecule has 0 amide bonds. The molecule has 0 saturated heterocycles. The van der Waals surface area contributed by atoms with Crippen molar-refractivity contribution in [2.45, 2.75) is 11.4 Å². The average molecular weight is 137 g/mol. The van der Waals surface area contributed by atoms with Crippen LogP contribution in [0.4, 0.5) is 0 Å². The molecule has 1 aromatic heterocycles. The molecule has 0 N–H and O–H groups in total. The summed E-state index contributed by atoms with van der Waals surface area (Å²) in [7, 11) is 0. The molecule has 0 spiro atoms. The van der Waals surface area contributed by atoms with E-state index in [1.54, 1.807) is 0 Å². The van der Waals surface area contributed by atoms with Gasteiger partial charge in [0.15, 0.2) is 0 Å². The van der Waals surface area contributed by atoms with Crippen LogP contribution < -0.4 is 0 Å². The Morgan fingerprint density at radius 1 is 1.56 bits per heavy atom. The Kier molecular flexibility index (Phi) is 1.19. The van der Waals surface area contributed by atoms with Gasteiger partial charge in [-0.2, -0.15) is 0 Å². The van der Waals surface area contributed by atoms with Crippen molar-refractivity contribution in [3.63, 3.8) is 0 Å². The molecule has 46 valence electrons. The molecule has 1 aliphatic rings. The third kappa shape index (κ3) is 0.833. The molecule has 9 heavy (non-hydrogen) atoms. The highest BCUT2D eigenvalue weighted by Crippen LogP contribution is 2.27. The first-order valence-electron chi connectivity index (χ1n) is 3.03. The van der Waals surface area contributed by atoms with Gasteiger partial charge in [0, 0.05) is 11.9 Å². The Balaban J connectivity index is 2.54. The predicted molar refractivity (Wildman–Crippen MR) is 38.7 cm³/mol. The van der Waals surface area contributed by atoms with Gasteiger partial charge in [-0.05, 0) is 18.1 Å². The third-order valence-electron chi connectivity index (χ3n) is 1.46. The van der Waals surface area contributed by atoms with E-state index < -0.39 is 0 Å². The van der Waals surface area contributed by atoms with Crippen LogP contribution in [0, 0.1) is 0 Å². The molecule has 1 aromatic rings. The van der Waals surface area contributed by atoms with Crippen molar-refractivity contribution in [3.05, 3.63) is 23.9 Å². The van der Waals surface area contributed by atoms with Gasteiger partial charge < -0.3 is 0 Å². The first-order chi connectivity index (χ1) is 4.47. The number of pyridine rings is 1. The van der Waals surface area contributed by atoms with Crippen LogP contribution in [0.1, 0.15) is 5.56 Å². The molecule has 0 radical (unpaired) electrons. The van der Waals surface area contributed by atoms with Gasteiger partial charge in [-0.3, -0.25) is 0 Å². The second-order valence-electron chi connectivity index (χ2n) is 2.07. The van der Waals surface area contributed by atoms with Crippen LogP contribution in [-0.4, -0.2) is 10.7 Å². The number of hydrogen-bond acceptors (Lipinski definition) is 2. The summed E-state index contributed by atoms with van der Waals surface area (Å²) in [5, 5.41) is 1.23. The van der Waals surface area contributed by atoms with Gasteiger partial charge in [0.1, 0.15) is 0 Å². The van der Waals surface area contributed by atoms with Crippen molar-refractivity contribution < 1.29 is 0 Å². The number of fused-ring (bicyclic) bond motifs is 1. The Hall–Kier alpha value is -0.500. The van der Waals surface area contributed by atoms with E-state index >= 15 is 0 Å². The molecule has 1 aliphatic heterocycles. The molecule has 0 bridgehead atoms. The average Bonchev–Trinajstić information content (AvgIpc) is 2.33. The van der Waals surface area contributed by atoms with Crippen molar-refractivity contribution in [2.75, 3.05) is 5.75 Å². The van der Waals surface area contributed by atoms with Crippen molar-refractivity contribution in [1.82, 2.24) is 4.98 Å². The van der Waals surface area contributed by atoms with E-state index in [0.29, 0.717) is 0 Å². The molecular formula is C7H7NS. The number of aryl methyl sites for hydroxylation is 1. The highest BCUT2D eigenvalue weighted by atomic mass is 32.2. The van der Waals surface area contributed by atoms with Crippen LogP contribution in [0.3, 0.4) is 0 Å². The summed E-state index contributed by atoms with van der Waals surface area (Å²) in [4.78, 5) is 4.22. The number of hydrogen-bond donors (Lipinski definition) is 0. The van der Waals surface area contributed by atoms with E-state index in [4.69, 9.17) is 0 Å². The largest absolute Gasteiger partial charge is 0.250 e. The molecule has 2 heteroatoms. The van der Waals surface area contributed by atoms with Gasteiger partial charge in [0.25, 0.3) is 0 Å². The fourth-order valence-electron chi connectivity index (χ4n) is 1.00. The lowest BCUT2D eigenvalue weighted by Gasteiger charge is -1.90. The number of aromatic nitrogens is 1. The second-order valence-corrected chi connectivity index (χ2v) is 3.15. The molecule has 0 aromatic carbocycles. The van der Waals surface area contributed by atoms with E-state index in [9.17, 15) is 0 Å². The highest BCUT2D eigenvalue weighted by molar-refractivity contribution is 7.99. The molecule has 0 unspecified atom stereocenters. The van der Waals surface area contributed by atoms with Crippen LogP contribution in [0.15, 0.2) is 23.4 Å². The maximum atomic E-state index is 4.22. The zero-order valence-corrected chi connectivity index (χ0v) is 5.82. The minimum atomic E-state index is 1.20. The van der Waals surface area contributed by atoms with Crippen LogP contribution in [0.5, 0.6) is 0 Å². The summed E-state index contributed by atoms with van der Waals surface area (Å²) in [6.45, 7) is 0. The molecular weight excluding hydrogens is 130 g/mol. The minimum absolute atomic E-state index is 1.20. The Morgan fingerprint density at radius 3 is 3.44 bits per heavy atom. The van der Waals surface area contributed by atoms with E-state index in [0.717, 1.165) is 0 Å². The summed E-state index contributed by atoms with van der Waals surface area (Å²) in [5.74, 6) is 1.21. The molecule has 1 nitrogen and oxygen atoms in total. The maximum Gasteiger partial charge on any atom is 0.0992 e.